The van der Waals surface area contributed by atoms with Gasteiger partial charge in [-0.25, -0.2) is 0 Å². The first-order valence-electron chi connectivity index (χ1n) is 9.54. The normalized spacial score (nSPS) is 18.8. The maximum atomic E-state index is 11.9. The van der Waals surface area contributed by atoms with Crippen LogP contribution in [0.25, 0.3) is 5.57 Å². The number of piperidine rings is 1. The second-order valence-corrected chi connectivity index (χ2v) is 6.39. The van der Waals surface area contributed by atoms with E-state index in [4.69, 9.17) is 9.57 Å². The molecule has 1 unspecified atom stereocenters. The average Bonchev–Trinajstić information content (AvgIpc) is 2.68. The fourth-order valence-corrected chi connectivity index (χ4v) is 3.12. The van der Waals surface area contributed by atoms with Crippen LogP contribution in [-0.2, 0) is 14.4 Å². The zero-order valence-electron chi connectivity index (χ0n) is 15.9. The van der Waals surface area contributed by atoms with E-state index in [-0.39, 0.29) is 11.9 Å². The van der Waals surface area contributed by atoms with Gasteiger partial charge in [-0.1, -0.05) is 48.5 Å². The van der Waals surface area contributed by atoms with E-state index in [0.29, 0.717) is 13.2 Å². The van der Waals surface area contributed by atoms with Gasteiger partial charge in [-0.15, -0.1) is 0 Å². The van der Waals surface area contributed by atoms with Crippen molar-refractivity contribution < 1.29 is 14.4 Å². The monoisotopic (exact) mass is 358 g/mol. The summed E-state index contributed by atoms with van der Waals surface area (Å²) in [6.07, 6.45) is 6.78. The first-order chi connectivity index (χ1) is 12.7. The van der Waals surface area contributed by atoms with Crippen molar-refractivity contribution in [3.8, 4) is 0 Å². The van der Waals surface area contributed by atoms with Crippen molar-refractivity contribution in [3.63, 3.8) is 0 Å². The summed E-state index contributed by atoms with van der Waals surface area (Å²) in [5.41, 5.74) is 2.20. The first kappa shape index (κ1) is 20.2. The number of oxime groups is 1. The first-order valence-corrected chi connectivity index (χ1v) is 9.54. The Hall–Kier alpha value is -2.14. The number of benzene rings is 1. The molecule has 1 atom stereocenters. The van der Waals surface area contributed by atoms with Gasteiger partial charge in [0.05, 0.1) is 18.7 Å². The summed E-state index contributed by atoms with van der Waals surface area (Å²) in [7, 11) is 0. The molecule has 5 nitrogen and oxygen atoms in total. The molecule has 1 aliphatic heterocycles. The summed E-state index contributed by atoms with van der Waals surface area (Å²) < 4.78 is 5.14. The Bertz CT molecular complexity index is 599. The van der Waals surface area contributed by atoms with Crippen LogP contribution in [0.2, 0.25) is 0 Å². The molecule has 0 spiro atoms. The molecule has 1 aliphatic rings. The molecule has 142 valence electrons. The van der Waals surface area contributed by atoms with Gasteiger partial charge in [0.25, 0.3) is 0 Å². The van der Waals surface area contributed by atoms with E-state index in [9.17, 15) is 4.79 Å². The van der Waals surface area contributed by atoms with Crippen LogP contribution in [0.5, 0.6) is 0 Å². The van der Waals surface area contributed by atoms with E-state index >= 15 is 0 Å². The number of rotatable bonds is 9. The smallest absolute Gasteiger partial charge is 0.310 e. The van der Waals surface area contributed by atoms with E-state index in [1.54, 1.807) is 6.21 Å². The Kier molecular flexibility index (Phi) is 8.90. The standard InChI is InChI=1S/C21H30N2O3/c1-3-9-19(18-10-6-5-7-11-18)16-22-26-15-14-23-13-8-12-20(17-23)21(24)25-4-2/h5-7,9-11,16,20H,3-4,8,12-15,17H2,1-2H3. The van der Waals surface area contributed by atoms with Crippen LogP contribution in [0.1, 0.15) is 38.7 Å². The summed E-state index contributed by atoms with van der Waals surface area (Å²) in [4.78, 5) is 19.6. The van der Waals surface area contributed by atoms with E-state index < -0.39 is 0 Å². The molecule has 0 aliphatic carbocycles. The van der Waals surface area contributed by atoms with Gasteiger partial charge >= 0.3 is 5.97 Å². The highest BCUT2D eigenvalue weighted by Crippen LogP contribution is 2.17. The number of esters is 1. The zero-order valence-corrected chi connectivity index (χ0v) is 15.9. The highest BCUT2D eigenvalue weighted by atomic mass is 16.6. The second-order valence-electron chi connectivity index (χ2n) is 6.39. The Labute approximate surface area is 156 Å². The molecule has 0 radical (unpaired) electrons. The summed E-state index contributed by atoms with van der Waals surface area (Å²) >= 11 is 0. The molecule has 1 fully saturated rings. The number of likely N-dealkylation sites (tertiary alicyclic amines) is 1. The third kappa shape index (κ3) is 6.64. The third-order valence-corrected chi connectivity index (χ3v) is 4.42. The molecule has 0 saturated carbocycles. The summed E-state index contributed by atoms with van der Waals surface area (Å²) in [5, 5.41) is 4.12. The highest BCUT2D eigenvalue weighted by molar-refractivity contribution is 6.09. The molecule has 1 heterocycles. The van der Waals surface area contributed by atoms with Gasteiger partial charge in [0, 0.05) is 13.1 Å². The molecular weight excluding hydrogens is 328 g/mol. The average molecular weight is 358 g/mol. The van der Waals surface area contributed by atoms with Gasteiger partial charge < -0.3 is 9.57 Å². The van der Waals surface area contributed by atoms with Crippen LogP contribution in [0.3, 0.4) is 0 Å². The van der Waals surface area contributed by atoms with Gasteiger partial charge in [0.15, 0.2) is 0 Å². The number of hydrogen-bond acceptors (Lipinski definition) is 5. The van der Waals surface area contributed by atoms with Crippen molar-refractivity contribution in [1.29, 1.82) is 0 Å². The van der Waals surface area contributed by atoms with Crippen LogP contribution >= 0.6 is 0 Å². The number of nitrogens with zero attached hydrogens (tertiary/aromatic N) is 2. The maximum absolute atomic E-state index is 11.9. The minimum atomic E-state index is -0.0756. The Morgan fingerprint density at radius 3 is 2.85 bits per heavy atom. The molecule has 0 N–H and O–H groups in total. The van der Waals surface area contributed by atoms with E-state index in [0.717, 1.165) is 50.0 Å². The highest BCUT2D eigenvalue weighted by Gasteiger charge is 2.26. The zero-order chi connectivity index (χ0) is 18.6. The van der Waals surface area contributed by atoms with Crippen molar-refractivity contribution >= 4 is 17.8 Å². The lowest BCUT2D eigenvalue weighted by Gasteiger charge is -2.30. The topological polar surface area (TPSA) is 51.1 Å². The molecule has 5 heteroatoms. The van der Waals surface area contributed by atoms with E-state index in [2.05, 4.69) is 35.2 Å². The maximum Gasteiger partial charge on any atom is 0.310 e. The van der Waals surface area contributed by atoms with Gasteiger partial charge in [0.2, 0.25) is 0 Å². The molecule has 0 amide bonds. The fraction of sp³-hybridized carbons (Fsp3) is 0.524. The van der Waals surface area contributed by atoms with Gasteiger partial charge in [-0.3, -0.25) is 9.69 Å². The number of ether oxygens (including phenoxy) is 1. The number of carbonyl (C=O) groups excluding carboxylic acids is 1. The number of allylic oxidation sites excluding steroid dienone is 2. The lowest BCUT2D eigenvalue weighted by molar-refractivity contribution is -0.150. The van der Waals surface area contributed by atoms with Crippen LogP contribution in [-0.4, -0.2) is 49.9 Å². The molecule has 1 aromatic rings. The molecule has 0 aromatic heterocycles. The summed E-state index contributed by atoms with van der Waals surface area (Å²) in [6.45, 7) is 7.42. The van der Waals surface area contributed by atoms with Crippen LogP contribution in [0, 0.1) is 5.92 Å². The molecule has 0 bridgehead atoms. The predicted molar refractivity (Wildman–Crippen MR) is 105 cm³/mol. The molecule has 1 saturated heterocycles. The second kappa shape index (κ2) is 11.5. The Morgan fingerprint density at radius 1 is 1.31 bits per heavy atom. The van der Waals surface area contributed by atoms with Gasteiger partial charge in [0.1, 0.15) is 6.61 Å². The molecule has 1 aromatic carbocycles. The number of carbonyl (C=O) groups is 1. The van der Waals surface area contributed by atoms with Crippen LogP contribution < -0.4 is 0 Å². The number of hydrogen-bond donors (Lipinski definition) is 0. The molecule has 2 rings (SSSR count). The van der Waals surface area contributed by atoms with Crippen molar-refractivity contribution in [1.82, 2.24) is 4.90 Å². The lowest BCUT2D eigenvalue weighted by Crippen LogP contribution is -2.40. The fourth-order valence-electron chi connectivity index (χ4n) is 3.12. The molecular formula is C21H30N2O3. The van der Waals surface area contributed by atoms with E-state index in [1.165, 1.54) is 0 Å². The largest absolute Gasteiger partial charge is 0.466 e. The summed E-state index contributed by atoms with van der Waals surface area (Å²) in [6, 6.07) is 10.2. The Morgan fingerprint density at radius 2 is 2.12 bits per heavy atom. The lowest BCUT2D eigenvalue weighted by atomic mass is 9.98. The van der Waals surface area contributed by atoms with Crippen molar-refractivity contribution in [3.05, 3.63) is 42.0 Å². The minimum absolute atomic E-state index is 0.00984. The van der Waals surface area contributed by atoms with E-state index in [1.807, 2.05) is 25.1 Å². The van der Waals surface area contributed by atoms with Crippen LogP contribution in [0.4, 0.5) is 0 Å². The van der Waals surface area contributed by atoms with Crippen LogP contribution in [0.15, 0.2) is 41.6 Å². The minimum Gasteiger partial charge on any atom is -0.466 e. The SMILES string of the molecule is CCC=C(C=NOCCN1CCCC(C(=O)OCC)C1)c1ccccc1. The van der Waals surface area contributed by atoms with Gasteiger partial charge in [-0.05, 0) is 43.9 Å². The third-order valence-electron chi connectivity index (χ3n) is 4.42. The molecule has 26 heavy (non-hydrogen) atoms. The van der Waals surface area contributed by atoms with Crippen molar-refractivity contribution in [2.75, 3.05) is 32.8 Å². The predicted octanol–water partition coefficient (Wildman–Crippen LogP) is 3.76. The van der Waals surface area contributed by atoms with Gasteiger partial charge in [-0.2, -0.15) is 0 Å². The summed E-state index contributed by atoms with van der Waals surface area (Å²) in [5.74, 6) is -0.0854. The Balaban J connectivity index is 1.76. The van der Waals surface area contributed by atoms with Crippen molar-refractivity contribution in [2.24, 2.45) is 11.1 Å². The quantitative estimate of drug-likeness (QED) is 0.292. The van der Waals surface area contributed by atoms with Crippen molar-refractivity contribution in [2.45, 2.75) is 33.1 Å².